The van der Waals surface area contributed by atoms with E-state index >= 15 is 0 Å². The Bertz CT molecular complexity index is 1040. The van der Waals surface area contributed by atoms with Gasteiger partial charge >= 0.3 is 6.09 Å². The summed E-state index contributed by atoms with van der Waals surface area (Å²) in [6, 6.07) is 9.52. The number of benzene rings is 2. The summed E-state index contributed by atoms with van der Waals surface area (Å²) in [6.45, 7) is 1.53. The molecule has 0 aliphatic carbocycles. The highest BCUT2D eigenvalue weighted by Gasteiger charge is 2.34. The maximum absolute atomic E-state index is 14.9. The van der Waals surface area contributed by atoms with Crippen molar-refractivity contribution in [3.63, 3.8) is 0 Å². The van der Waals surface area contributed by atoms with Crippen molar-refractivity contribution in [1.29, 1.82) is 5.41 Å². The molecule has 0 aromatic heterocycles. The maximum Gasteiger partial charge on any atom is 0.414 e. The van der Waals surface area contributed by atoms with E-state index < -0.39 is 23.8 Å². The minimum Gasteiger partial charge on any atom is -0.503 e. The van der Waals surface area contributed by atoms with Gasteiger partial charge in [-0.05, 0) is 23.3 Å². The number of nitrogens with two attached hydrogens (primary N) is 1. The molecule has 1 saturated heterocycles. The lowest BCUT2D eigenvalue weighted by Gasteiger charge is -2.16. The van der Waals surface area contributed by atoms with Crippen LogP contribution in [0.4, 0.5) is 14.9 Å². The quantitative estimate of drug-likeness (QED) is 0.267. The number of aromatic hydroxyl groups is 1. The van der Waals surface area contributed by atoms with Crippen molar-refractivity contribution < 1.29 is 23.8 Å². The molecular formula is C20H21FN6O4. The molecule has 162 valence electrons. The highest BCUT2D eigenvalue weighted by Crippen LogP contribution is 2.38. The summed E-state index contributed by atoms with van der Waals surface area (Å²) in [5, 5.41) is 23.7. The van der Waals surface area contributed by atoms with Gasteiger partial charge in [0.05, 0.1) is 25.0 Å². The number of nitrogens with one attached hydrogen (secondary N) is 3. The SMILES string of the molecule is CC(=O)NCC1CN(c2ccc(-c3ccc(C=NNC(=N)N)cc3)c(F)c2O)C(=O)O1. The number of hydrogen-bond donors (Lipinski definition) is 5. The lowest BCUT2D eigenvalue weighted by atomic mass is 10.0. The summed E-state index contributed by atoms with van der Waals surface area (Å²) in [5.74, 6) is -2.12. The van der Waals surface area contributed by atoms with Gasteiger partial charge in [-0.25, -0.2) is 14.6 Å². The number of rotatable bonds is 6. The largest absolute Gasteiger partial charge is 0.503 e. The summed E-state index contributed by atoms with van der Waals surface area (Å²) in [7, 11) is 0. The zero-order valence-corrected chi connectivity index (χ0v) is 16.6. The van der Waals surface area contributed by atoms with Crippen LogP contribution in [0.2, 0.25) is 0 Å². The molecule has 1 heterocycles. The number of hydrazone groups is 1. The van der Waals surface area contributed by atoms with Gasteiger partial charge < -0.3 is 20.9 Å². The maximum atomic E-state index is 14.9. The molecule has 10 nitrogen and oxygen atoms in total. The van der Waals surface area contributed by atoms with Crippen LogP contribution in [0.15, 0.2) is 41.5 Å². The summed E-state index contributed by atoms with van der Waals surface area (Å²) >= 11 is 0. The van der Waals surface area contributed by atoms with E-state index in [2.05, 4.69) is 15.8 Å². The van der Waals surface area contributed by atoms with Crippen LogP contribution in [-0.4, -0.2) is 48.5 Å². The molecule has 2 aromatic carbocycles. The van der Waals surface area contributed by atoms with E-state index in [1.807, 2.05) is 0 Å². The number of anilines is 1. The molecule has 31 heavy (non-hydrogen) atoms. The number of phenolic OH excluding ortho intramolecular Hbond substituents is 1. The Morgan fingerprint density at radius 2 is 2.10 bits per heavy atom. The van der Waals surface area contributed by atoms with E-state index in [4.69, 9.17) is 15.9 Å². The fourth-order valence-corrected chi connectivity index (χ4v) is 3.00. The monoisotopic (exact) mass is 428 g/mol. The van der Waals surface area contributed by atoms with Crippen molar-refractivity contribution in [1.82, 2.24) is 10.7 Å². The van der Waals surface area contributed by atoms with Crippen LogP contribution in [0.3, 0.4) is 0 Å². The molecule has 2 aromatic rings. The molecule has 1 aliphatic rings. The molecule has 2 amide bonds. The highest BCUT2D eigenvalue weighted by molar-refractivity contribution is 5.92. The molecule has 0 radical (unpaired) electrons. The fraction of sp³-hybridized carbons (Fsp3) is 0.200. The van der Waals surface area contributed by atoms with Crippen LogP contribution in [0.25, 0.3) is 11.1 Å². The van der Waals surface area contributed by atoms with Crippen molar-refractivity contribution in [2.24, 2.45) is 10.8 Å². The Balaban J connectivity index is 1.78. The predicted octanol–water partition coefficient (Wildman–Crippen LogP) is 1.48. The first-order valence-electron chi connectivity index (χ1n) is 9.24. The molecule has 0 bridgehead atoms. The van der Waals surface area contributed by atoms with Crippen LogP contribution in [0, 0.1) is 11.2 Å². The second-order valence-electron chi connectivity index (χ2n) is 6.75. The van der Waals surface area contributed by atoms with E-state index in [1.54, 1.807) is 24.3 Å². The van der Waals surface area contributed by atoms with E-state index in [-0.39, 0.29) is 36.2 Å². The van der Waals surface area contributed by atoms with Crippen molar-refractivity contribution in [3.8, 4) is 16.9 Å². The lowest BCUT2D eigenvalue weighted by Crippen LogP contribution is -2.33. The van der Waals surface area contributed by atoms with Gasteiger partial charge in [0.1, 0.15) is 6.10 Å². The topological polar surface area (TPSA) is 153 Å². The number of carbonyl (C=O) groups excluding carboxylic acids is 2. The molecule has 1 aliphatic heterocycles. The van der Waals surface area contributed by atoms with Crippen LogP contribution in [0.5, 0.6) is 5.75 Å². The molecular weight excluding hydrogens is 407 g/mol. The predicted molar refractivity (Wildman–Crippen MR) is 112 cm³/mol. The van der Waals surface area contributed by atoms with Crippen LogP contribution in [-0.2, 0) is 9.53 Å². The highest BCUT2D eigenvalue weighted by atomic mass is 19.1. The van der Waals surface area contributed by atoms with Gasteiger partial charge in [0.15, 0.2) is 11.6 Å². The fourth-order valence-electron chi connectivity index (χ4n) is 3.00. The van der Waals surface area contributed by atoms with Crippen LogP contribution < -0.4 is 21.4 Å². The van der Waals surface area contributed by atoms with Gasteiger partial charge in [-0.3, -0.25) is 15.1 Å². The number of halogens is 1. The number of phenols is 1. The van der Waals surface area contributed by atoms with E-state index in [1.165, 1.54) is 25.3 Å². The summed E-state index contributed by atoms with van der Waals surface area (Å²) in [4.78, 5) is 24.3. The minimum atomic E-state index is -0.879. The average molecular weight is 428 g/mol. The summed E-state index contributed by atoms with van der Waals surface area (Å²) in [5.41, 5.74) is 8.73. The Morgan fingerprint density at radius 1 is 1.39 bits per heavy atom. The molecule has 3 rings (SSSR count). The second-order valence-corrected chi connectivity index (χ2v) is 6.75. The van der Waals surface area contributed by atoms with Gasteiger partial charge in [-0.2, -0.15) is 5.10 Å². The second kappa shape index (κ2) is 9.11. The Morgan fingerprint density at radius 3 is 2.74 bits per heavy atom. The lowest BCUT2D eigenvalue weighted by molar-refractivity contribution is -0.119. The third kappa shape index (κ3) is 5.07. The molecule has 0 spiro atoms. The number of hydrogen-bond acceptors (Lipinski definition) is 6. The average Bonchev–Trinajstić information content (AvgIpc) is 3.09. The van der Waals surface area contributed by atoms with Crippen molar-refractivity contribution in [2.45, 2.75) is 13.0 Å². The number of carbonyl (C=O) groups is 2. The van der Waals surface area contributed by atoms with Crippen molar-refractivity contribution >= 4 is 29.9 Å². The first-order valence-corrected chi connectivity index (χ1v) is 9.24. The Kier molecular flexibility index (Phi) is 6.34. The van der Waals surface area contributed by atoms with Gasteiger partial charge in [-0.15, -0.1) is 0 Å². The molecule has 0 saturated carbocycles. The van der Waals surface area contributed by atoms with Crippen molar-refractivity contribution in [3.05, 3.63) is 47.8 Å². The molecule has 1 unspecified atom stereocenters. The third-order valence-corrected chi connectivity index (χ3v) is 4.46. The molecule has 6 N–H and O–H groups in total. The molecule has 1 fully saturated rings. The number of guanidine groups is 1. The number of amides is 2. The summed E-state index contributed by atoms with van der Waals surface area (Å²) in [6.07, 6.45) is 0.101. The van der Waals surface area contributed by atoms with Gasteiger partial charge in [0.25, 0.3) is 0 Å². The van der Waals surface area contributed by atoms with Crippen LogP contribution >= 0.6 is 0 Å². The Labute approximate surface area is 177 Å². The van der Waals surface area contributed by atoms with Crippen LogP contribution in [0.1, 0.15) is 12.5 Å². The standard InChI is InChI=1S/C20H21FN6O4/c1-11(28)24-9-14-10-27(20(30)31-14)16-7-6-15(17(21)18(16)29)13-4-2-12(3-5-13)8-25-26-19(22)23/h2-8,14,29H,9-10H2,1H3,(H,24,28)(H4,22,23,26). The normalized spacial score (nSPS) is 15.7. The van der Waals surface area contributed by atoms with E-state index in [0.717, 1.165) is 4.90 Å². The minimum absolute atomic E-state index is 0.0179. The van der Waals surface area contributed by atoms with Gasteiger partial charge in [0.2, 0.25) is 11.9 Å². The molecule has 11 heteroatoms. The molecule has 1 atom stereocenters. The summed E-state index contributed by atoms with van der Waals surface area (Å²) < 4.78 is 20.1. The number of nitrogens with zero attached hydrogens (tertiary/aromatic N) is 2. The zero-order valence-electron chi connectivity index (χ0n) is 16.6. The first-order chi connectivity index (χ1) is 14.8. The van der Waals surface area contributed by atoms with E-state index in [0.29, 0.717) is 11.1 Å². The Hall–Kier alpha value is -4.15. The van der Waals surface area contributed by atoms with Crippen molar-refractivity contribution in [2.75, 3.05) is 18.0 Å². The zero-order chi connectivity index (χ0) is 22.5. The first kappa shape index (κ1) is 21.6. The van der Waals surface area contributed by atoms with Gasteiger partial charge in [-0.1, -0.05) is 24.3 Å². The number of cyclic esters (lactones) is 1. The smallest absolute Gasteiger partial charge is 0.414 e. The number of ether oxygens (including phenoxy) is 1. The van der Waals surface area contributed by atoms with E-state index in [9.17, 15) is 19.1 Å². The third-order valence-electron chi connectivity index (χ3n) is 4.46. The van der Waals surface area contributed by atoms with Gasteiger partial charge in [0, 0.05) is 12.5 Å².